The normalized spacial score (nSPS) is 10.5. The van der Waals surface area contributed by atoms with Gasteiger partial charge in [-0.2, -0.15) is 5.10 Å². The average molecular weight is 231 g/mol. The van der Waals surface area contributed by atoms with Crippen LogP contribution in [0.2, 0.25) is 0 Å². The first-order chi connectivity index (χ1) is 8.20. The van der Waals surface area contributed by atoms with E-state index in [4.69, 9.17) is 0 Å². The smallest absolute Gasteiger partial charge is 0.180 e. The Morgan fingerprint density at radius 2 is 2.18 bits per heavy atom. The minimum absolute atomic E-state index is 0.712. The number of hydrogen-bond donors (Lipinski definition) is 1. The van der Waals surface area contributed by atoms with E-state index in [1.165, 1.54) is 0 Å². The quantitative estimate of drug-likeness (QED) is 0.874. The molecule has 0 radical (unpaired) electrons. The second kappa shape index (κ2) is 4.95. The van der Waals surface area contributed by atoms with Crippen LogP contribution >= 0.6 is 0 Å². The molecule has 5 nitrogen and oxygen atoms in total. The molecular formula is C12H17N5. The number of hydrogen-bond acceptors (Lipinski definition) is 4. The van der Waals surface area contributed by atoms with Gasteiger partial charge in [-0.1, -0.05) is 6.92 Å². The summed E-state index contributed by atoms with van der Waals surface area (Å²) in [5.74, 6) is 1.58. The predicted octanol–water partition coefficient (Wildman–Crippen LogP) is 2.01. The Morgan fingerprint density at radius 1 is 1.35 bits per heavy atom. The summed E-state index contributed by atoms with van der Waals surface area (Å²) in [5.41, 5.74) is 1.88. The summed E-state index contributed by atoms with van der Waals surface area (Å²) in [6, 6.07) is 3.87. The number of anilines is 1. The summed E-state index contributed by atoms with van der Waals surface area (Å²) in [7, 11) is 1.89. The van der Waals surface area contributed by atoms with Gasteiger partial charge in [0.1, 0.15) is 11.5 Å². The lowest BCUT2D eigenvalue weighted by Crippen LogP contribution is -2.05. The second-order valence-electron chi connectivity index (χ2n) is 3.99. The molecule has 0 bridgehead atoms. The van der Waals surface area contributed by atoms with Gasteiger partial charge < -0.3 is 5.32 Å². The van der Waals surface area contributed by atoms with Crippen molar-refractivity contribution in [1.82, 2.24) is 19.7 Å². The number of rotatable bonds is 4. The van der Waals surface area contributed by atoms with Crippen LogP contribution in [0.3, 0.4) is 0 Å². The van der Waals surface area contributed by atoms with Crippen molar-refractivity contribution < 1.29 is 0 Å². The molecule has 2 aromatic rings. The Labute approximate surface area is 101 Å². The van der Waals surface area contributed by atoms with Crippen LogP contribution in [0, 0.1) is 6.92 Å². The minimum atomic E-state index is 0.712. The molecular weight excluding hydrogens is 214 g/mol. The summed E-state index contributed by atoms with van der Waals surface area (Å²) >= 11 is 0. The van der Waals surface area contributed by atoms with Crippen LogP contribution in [-0.4, -0.2) is 26.3 Å². The fourth-order valence-corrected chi connectivity index (χ4v) is 1.62. The average Bonchev–Trinajstić information content (AvgIpc) is 2.72. The summed E-state index contributed by atoms with van der Waals surface area (Å²) in [5, 5.41) is 7.41. The van der Waals surface area contributed by atoms with E-state index in [0.29, 0.717) is 5.82 Å². The van der Waals surface area contributed by atoms with E-state index >= 15 is 0 Å². The highest BCUT2D eigenvalue weighted by atomic mass is 15.3. The van der Waals surface area contributed by atoms with Gasteiger partial charge in [-0.05, 0) is 19.4 Å². The number of aromatic nitrogens is 4. The van der Waals surface area contributed by atoms with E-state index < -0.39 is 0 Å². The van der Waals surface area contributed by atoms with E-state index in [9.17, 15) is 0 Å². The zero-order valence-corrected chi connectivity index (χ0v) is 10.4. The lowest BCUT2D eigenvalue weighted by atomic mass is 10.3. The highest BCUT2D eigenvalue weighted by Crippen LogP contribution is 2.16. The molecule has 17 heavy (non-hydrogen) atoms. The van der Waals surface area contributed by atoms with Crippen molar-refractivity contribution in [3.05, 3.63) is 24.0 Å². The van der Waals surface area contributed by atoms with Crippen molar-refractivity contribution in [2.45, 2.75) is 20.3 Å². The molecule has 0 aromatic carbocycles. The zero-order valence-electron chi connectivity index (χ0n) is 10.4. The molecule has 90 valence electrons. The monoisotopic (exact) mass is 231 g/mol. The van der Waals surface area contributed by atoms with Gasteiger partial charge in [0.05, 0.1) is 0 Å². The van der Waals surface area contributed by atoms with E-state index in [1.807, 2.05) is 26.1 Å². The lowest BCUT2D eigenvalue weighted by Gasteiger charge is -2.07. The Bertz CT molecular complexity index is 503. The lowest BCUT2D eigenvalue weighted by molar-refractivity contribution is 0.769. The molecule has 0 aliphatic rings. The maximum absolute atomic E-state index is 4.49. The highest BCUT2D eigenvalue weighted by molar-refractivity contribution is 5.53. The van der Waals surface area contributed by atoms with E-state index in [-0.39, 0.29) is 0 Å². The van der Waals surface area contributed by atoms with Crippen LogP contribution in [0.15, 0.2) is 18.3 Å². The Balaban J connectivity index is 2.35. The van der Waals surface area contributed by atoms with Gasteiger partial charge in [-0.15, -0.1) is 0 Å². The topological polar surface area (TPSA) is 55.6 Å². The van der Waals surface area contributed by atoms with Crippen molar-refractivity contribution >= 4 is 5.82 Å². The predicted molar refractivity (Wildman–Crippen MR) is 67.8 cm³/mol. The van der Waals surface area contributed by atoms with Crippen LogP contribution in [0.1, 0.15) is 19.0 Å². The molecule has 2 rings (SSSR count). The molecule has 0 aliphatic carbocycles. The van der Waals surface area contributed by atoms with Gasteiger partial charge in [0.15, 0.2) is 5.82 Å². The van der Waals surface area contributed by atoms with Gasteiger partial charge in [0.25, 0.3) is 0 Å². The summed E-state index contributed by atoms with van der Waals surface area (Å²) < 4.78 is 1.78. The molecule has 2 aromatic heterocycles. The van der Waals surface area contributed by atoms with Gasteiger partial charge in [0.2, 0.25) is 0 Å². The maximum atomic E-state index is 4.49. The van der Waals surface area contributed by atoms with Crippen molar-refractivity contribution in [2.75, 3.05) is 11.9 Å². The summed E-state index contributed by atoms with van der Waals surface area (Å²) in [6.07, 6.45) is 2.82. The third-order valence-electron chi connectivity index (χ3n) is 2.46. The third kappa shape index (κ3) is 2.61. The fraction of sp³-hybridized carbons (Fsp3) is 0.417. The van der Waals surface area contributed by atoms with Crippen LogP contribution in [0.25, 0.3) is 11.5 Å². The van der Waals surface area contributed by atoms with Crippen LogP contribution in [0.5, 0.6) is 0 Å². The molecule has 0 saturated carbocycles. The van der Waals surface area contributed by atoms with Gasteiger partial charge in [-0.25, -0.2) is 9.97 Å². The number of nitrogens with one attached hydrogen (secondary N) is 1. The van der Waals surface area contributed by atoms with E-state index in [0.717, 1.165) is 30.2 Å². The summed E-state index contributed by atoms with van der Waals surface area (Å²) in [6.45, 7) is 5.02. The molecule has 1 N–H and O–H groups in total. The van der Waals surface area contributed by atoms with Crippen molar-refractivity contribution in [2.24, 2.45) is 7.05 Å². The molecule has 0 unspecified atom stereocenters. The molecule has 0 fully saturated rings. The first kappa shape index (κ1) is 11.6. The van der Waals surface area contributed by atoms with Crippen molar-refractivity contribution in [3.63, 3.8) is 0 Å². The first-order valence-electron chi connectivity index (χ1n) is 5.78. The minimum Gasteiger partial charge on any atom is -0.370 e. The molecule has 0 saturated heterocycles. The molecule has 0 aliphatic heterocycles. The standard InChI is InChI=1S/C12H17N5/c1-4-6-13-11-8-9(2)15-12(16-11)10-5-7-14-17(10)3/h5,7-8H,4,6H2,1-3H3,(H,13,15,16). The van der Waals surface area contributed by atoms with Gasteiger partial charge in [0, 0.05) is 31.5 Å². The Morgan fingerprint density at radius 3 is 2.82 bits per heavy atom. The Kier molecular flexibility index (Phi) is 3.37. The first-order valence-corrected chi connectivity index (χ1v) is 5.78. The largest absolute Gasteiger partial charge is 0.370 e. The molecule has 5 heteroatoms. The van der Waals surface area contributed by atoms with Crippen molar-refractivity contribution in [1.29, 1.82) is 0 Å². The molecule has 0 amide bonds. The zero-order chi connectivity index (χ0) is 12.3. The van der Waals surface area contributed by atoms with Crippen LogP contribution < -0.4 is 5.32 Å². The molecule has 0 spiro atoms. The SMILES string of the molecule is CCCNc1cc(C)nc(-c2ccnn2C)n1. The molecule has 2 heterocycles. The van der Waals surface area contributed by atoms with Crippen LogP contribution in [0.4, 0.5) is 5.82 Å². The van der Waals surface area contributed by atoms with Crippen LogP contribution in [-0.2, 0) is 7.05 Å². The summed E-state index contributed by atoms with van der Waals surface area (Å²) in [4.78, 5) is 8.92. The van der Waals surface area contributed by atoms with Crippen molar-refractivity contribution in [3.8, 4) is 11.5 Å². The van der Waals surface area contributed by atoms with Gasteiger partial charge >= 0.3 is 0 Å². The third-order valence-corrected chi connectivity index (χ3v) is 2.46. The fourth-order valence-electron chi connectivity index (χ4n) is 1.62. The number of aryl methyl sites for hydroxylation is 2. The number of nitrogens with zero attached hydrogens (tertiary/aromatic N) is 4. The molecule has 0 atom stereocenters. The Hall–Kier alpha value is -1.91. The second-order valence-corrected chi connectivity index (χ2v) is 3.99. The maximum Gasteiger partial charge on any atom is 0.180 e. The van der Waals surface area contributed by atoms with Gasteiger partial charge in [-0.3, -0.25) is 4.68 Å². The van der Waals surface area contributed by atoms with E-state index in [1.54, 1.807) is 10.9 Å². The van der Waals surface area contributed by atoms with E-state index in [2.05, 4.69) is 27.3 Å². The highest BCUT2D eigenvalue weighted by Gasteiger charge is 2.07.